The molecule has 0 bridgehead atoms. The molecule has 0 aliphatic carbocycles. The Bertz CT molecular complexity index is 846. The molecule has 122 valence electrons. The molecule has 0 N–H and O–H groups in total. The lowest BCUT2D eigenvalue weighted by molar-refractivity contribution is -0.129. The molecule has 1 aliphatic rings. The minimum absolute atomic E-state index is 0.100. The Kier molecular flexibility index (Phi) is 4.33. The minimum atomic E-state index is -3.03. The van der Waals surface area contributed by atoms with Crippen LogP contribution in [-0.4, -0.2) is 18.5 Å². The number of carbonyl (C=O) groups excluding carboxylic acids is 1. The van der Waals surface area contributed by atoms with Crippen molar-refractivity contribution in [1.29, 1.82) is 0 Å². The maximum atomic E-state index is 13.6. The van der Waals surface area contributed by atoms with Gasteiger partial charge in [-0.3, -0.25) is 0 Å². The van der Waals surface area contributed by atoms with Crippen LogP contribution in [-0.2, 0) is 9.53 Å². The molecule has 0 saturated heterocycles. The van der Waals surface area contributed by atoms with Gasteiger partial charge in [0.1, 0.15) is 11.6 Å². The third kappa shape index (κ3) is 3.29. The van der Waals surface area contributed by atoms with Crippen molar-refractivity contribution in [3.8, 4) is 5.75 Å². The summed E-state index contributed by atoms with van der Waals surface area (Å²) in [7, 11) is 0. The third-order valence-corrected chi connectivity index (χ3v) is 3.15. The molecule has 0 spiro atoms. The highest BCUT2D eigenvalue weighted by Crippen LogP contribution is 2.26. The SMILES string of the molecule is O=C1OC(c2ccccc2OC(F)F)=N/C1=C/c1ccccc1F. The molecule has 4 nitrogen and oxygen atoms in total. The van der Waals surface area contributed by atoms with Gasteiger partial charge in [-0.25, -0.2) is 14.2 Å². The van der Waals surface area contributed by atoms with Crippen LogP contribution in [0.2, 0.25) is 0 Å². The highest BCUT2D eigenvalue weighted by molar-refractivity contribution is 6.13. The number of rotatable bonds is 4. The molecule has 0 unspecified atom stereocenters. The summed E-state index contributed by atoms with van der Waals surface area (Å²) in [5, 5.41) is 0. The van der Waals surface area contributed by atoms with Crippen LogP contribution in [0.15, 0.2) is 59.2 Å². The second kappa shape index (κ2) is 6.57. The van der Waals surface area contributed by atoms with E-state index in [2.05, 4.69) is 9.73 Å². The molecular weight excluding hydrogens is 323 g/mol. The largest absolute Gasteiger partial charge is 0.434 e. The number of halogens is 3. The molecule has 24 heavy (non-hydrogen) atoms. The van der Waals surface area contributed by atoms with Gasteiger partial charge in [0.25, 0.3) is 0 Å². The zero-order chi connectivity index (χ0) is 17.1. The Hall–Kier alpha value is -3.09. The van der Waals surface area contributed by atoms with Crippen LogP contribution in [0.5, 0.6) is 5.75 Å². The number of esters is 1. The van der Waals surface area contributed by atoms with E-state index in [4.69, 9.17) is 4.74 Å². The molecule has 3 rings (SSSR count). The minimum Gasteiger partial charge on any atom is -0.434 e. The van der Waals surface area contributed by atoms with Crippen molar-refractivity contribution in [3.63, 3.8) is 0 Å². The van der Waals surface area contributed by atoms with Gasteiger partial charge in [-0.2, -0.15) is 8.78 Å². The average molecular weight is 333 g/mol. The zero-order valence-electron chi connectivity index (χ0n) is 12.1. The molecule has 0 saturated carbocycles. The summed E-state index contributed by atoms with van der Waals surface area (Å²) in [6.07, 6.45) is 1.22. The molecule has 1 heterocycles. The molecule has 1 aliphatic heterocycles. The summed E-state index contributed by atoms with van der Waals surface area (Å²) >= 11 is 0. The topological polar surface area (TPSA) is 47.9 Å². The molecule has 2 aromatic carbocycles. The van der Waals surface area contributed by atoms with E-state index in [0.717, 1.165) is 0 Å². The number of alkyl halides is 2. The maximum Gasteiger partial charge on any atom is 0.387 e. The van der Waals surface area contributed by atoms with Gasteiger partial charge in [-0.15, -0.1) is 0 Å². The molecule has 0 atom stereocenters. The second-order valence-electron chi connectivity index (χ2n) is 4.73. The van der Waals surface area contributed by atoms with Gasteiger partial charge in [0.2, 0.25) is 5.90 Å². The molecular formula is C17H10F3NO3. The van der Waals surface area contributed by atoms with Crippen LogP contribution in [0.3, 0.4) is 0 Å². The van der Waals surface area contributed by atoms with Crippen molar-refractivity contribution in [2.75, 3.05) is 0 Å². The van der Waals surface area contributed by atoms with E-state index in [0.29, 0.717) is 0 Å². The predicted molar refractivity (Wildman–Crippen MR) is 80.1 cm³/mol. The Morgan fingerprint density at radius 3 is 2.54 bits per heavy atom. The van der Waals surface area contributed by atoms with Crippen molar-refractivity contribution < 1.29 is 27.4 Å². The van der Waals surface area contributed by atoms with E-state index in [1.165, 1.54) is 42.5 Å². The number of ether oxygens (including phenoxy) is 2. The summed E-state index contributed by atoms with van der Waals surface area (Å²) in [4.78, 5) is 15.8. The van der Waals surface area contributed by atoms with Gasteiger partial charge in [0, 0.05) is 5.56 Å². The summed E-state index contributed by atoms with van der Waals surface area (Å²) in [6, 6.07) is 11.6. The monoisotopic (exact) mass is 333 g/mol. The Labute approximate surface area is 134 Å². The lowest BCUT2D eigenvalue weighted by Gasteiger charge is -2.08. The first-order chi connectivity index (χ1) is 11.5. The van der Waals surface area contributed by atoms with Gasteiger partial charge in [0.15, 0.2) is 5.70 Å². The smallest absolute Gasteiger partial charge is 0.387 e. The number of carbonyl (C=O) groups is 1. The van der Waals surface area contributed by atoms with Crippen molar-refractivity contribution >= 4 is 17.9 Å². The average Bonchev–Trinajstić information content (AvgIpc) is 2.90. The van der Waals surface area contributed by atoms with Gasteiger partial charge in [-0.05, 0) is 24.3 Å². The summed E-state index contributed by atoms with van der Waals surface area (Å²) in [6.45, 7) is -3.03. The van der Waals surface area contributed by atoms with Crippen molar-refractivity contribution in [2.45, 2.75) is 6.61 Å². The molecule has 0 fully saturated rings. The predicted octanol–water partition coefficient (Wildman–Crippen LogP) is 3.77. The molecule has 2 aromatic rings. The number of aliphatic imine (C=N–C) groups is 1. The number of hydrogen-bond acceptors (Lipinski definition) is 4. The van der Waals surface area contributed by atoms with Gasteiger partial charge in [0.05, 0.1) is 5.56 Å². The fourth-order valence-corrected chi connectivity index (χ4v) is 2.11. The summed E-state index contributed by atoms with van der Waals surface area (Å²) in [5.41, 5.74) is 0.122. The lowest BCUT2D eigenvalue weighted by Crippen LogP contribution is -2.10. The fourth-order valence-electron chi connectivity index (χ4n) is 2.11. The van der Waals surface area contributed by atoms with Crippen LogP contribution >= 0.6 is 0 Å². The van der Waals surface area contributed by atoms with Crippen LogP contribution in [0.1, 0.15) is 11.1 Å². The van der Waals surface area contributed by atoms with Crippen LogP contribution < -0.4 is 4.74 Å². The first-order valence-corrected chi connectivity index (χ1v) is 6.86. The molecule has 0 radical (unpaired) electrons. The van der Waals surface area contributed by atoms with E-state index in [1.54, 1.807) is 12.1 Å². The molecule has 0 aromatic heterocycles. The van der Waals surface area contributed by atoms with E-state index < -0.39 is 18.4 Å². The lowest BCUT2D eigenvalue weighted by atomic mass is 10.2. The van der Waals surface area contributed by atoms with E-state index in [9.17, 15) is 18.0 Å². The van der Waals surface area contributed by atoms with E-state index >= 15 is 0 Å². The maximum absolute atomic E-state index is 13.6. The summed E-state index contributed by atoms with van der Waals surface area (Å²) < 4.78 is 47.9. The quantitative estimate of drug-likeness (QED) is 0.632. The van der Waals surface area contributed by atoms with Gasteiger partial charge in [-0.1, -0.05) is 30.3 Å². The van der Waals surface area contributed by atoms with Crippen molar-refractivity contribution in [1.82, 2.24) is 0 Å². The van der Waals surface area contributed by atoms with Crippen LogP contribution in [0, 0.1) is 5.82 Å². The summed E-state index contributed by atoms with van der Waals surface area (Å²) in [5.74, 6) is -1.69. The number of para-hydroxylation sites is 1. The van der Waals surface area contributed by atoms with Crippen LogP contribution in [0.25, 0.3) is 6.08 Å². The highest BCUT2D eigenvalue weighted by Gasteiger charge is 2.27. The highest BCUT2D eigenvalue weighted by atomic mass is 19.3. The van der Waals surface area contributed by atoms with Crippen molar-refractivity contribution in [3.05, 3.63) is 71.2 Å². The number of cyclic esters (lactones) is 1. The van der Waals surface area contributed by atoms with Gasteiger partial charge < -0.3 is 9.47 Å². The van der Waals surface area contributed by atoms with Gasteiger partial charge >= 0.3 is 12.6 Å². The second-order valence-corrected chi connectivity index (χ2v) is 4.73. The number of benzene rings is 2. The zero-order valence-corrected chi connectivity index (χ0v) is 12.1. The fraction of sp³-hybridized carbons (Fsp3) is 0.0588. The van der Waals surface area contributed by atoms with Crippen molar-refractivity contribution in [2.24, 2.45) is 4.99 Å². The number of nitrogens with zero attached hydrogens (tertiary/aromatic N) is 1. The first-order valence-electron chi connectivity index (χ1n) is 6.86. The normalized spacial score (nSPS) is 15.6. The molecule has 0 amide bonds. The van der Waals surface area contributed by atoms with Crippen LogP contribution in [0.4, 0.5) is 13.2 Å². The van der Waals surface area contributed by atoms with E-state index in [-0.39, 0.29) is 28.5 Å². The molecule has 7 heteroatoms. The Morgan fingerprint density at radius 2 is 1.79 bits per heavy atom. The Balaban J connectivity index is 1.97. The Morgan fingerprint density at radius 1 is 1.08 bits per heavy atom. The third-order valence-electron chi connectivity index (χ3n) is 3.15. The van der Waals surface area contributed by atoms with E-state index in [1.807, 2.05) is 0 Å². The first kappa shape index (κ1) is 15.8. The standard InChI is InChI=1S/C17H10F3NO3/c18-12-7-3-1-5-10(12)9-13-16(22)24-15(21-13)11-6-2-4-8-14(11)23-17(19)20/h1-9,17H/b13-9+. The number of hydrogen-bond donors (Lipinski definition) is 0.